The number of nitrogens with zero attached hydrogens (tertiary/aromatic N) is 3. The highest BCUT2D eigenvalue weighted by Crippen LogP contribution is 2.32. The van der Waals surface area contributed by atoms with E-state index in [0.717, 1.165) is 32.1 Å². The summed E-state index contributed by atoms with van der Waals surface area (Å²) in [6.45, 7) is 11.1. The maximum atomic E-state index is 5.03. The second-order valence-corrected chi connectivity index (χ2v) is 8.19. The molecule has 2 aliphatic heterocycles. The monoisotopic (exact) mass is 356 g/mol. The van der Waals surface area contributed by atoms with Crippen molar-refractivity contribution in [1.29, 1.82) is 0 Å². The van der Waals surface area contributed by atoms with Crippen LogP contribution in [-0.4, -0.2) is 62.1 Å². The van der Waals surface area contributed by atoms with E-state index in [1.807, 2.05) is 0 Å². The van der Waals surface area contributed by atoms with Gasteiger partial charge in [0, 0.05) is 32.7 Å². The normalized spacial score (nSPS) is 28.2. The van der Waals surface area contributed by atoms with Crippen LogP contribution >= 0.6 is 0 Å². The van der Waals surface area contributed by atoms with Gasteiger partial charge in [0.2, 0.25) is 0 Å². The highest BCUT2D eigenvalue weighted by Gasteiger charge is 2.29. The quantitative estimate of drug-likeness (QED) is 0.662. The standard InChI is InChI=1S/C22H36N4/c1-4-23-22(24-15-19-9-8-13-25(3)17-19)26-14-12-21(18(2)16-26)20-10-6-5-7-11-20/h5-7,10-11,18-19,21H,4,8-9,12-17H2,1-3H3,(H,23,24). The molecule has 0 spiro atoms. The number of nitrogens with one attached hydrogen (secondary N) is 1. The zero-order valence-electron chi connectivity index (χ0n) is 16.8. The Morgan fingerprint density at radius 3 is 2.65 bits per heavy atom. The van der Waals surface area contributed by atoms with Crippen molar-refractivity contribution >= 4 is 5.96 Å². The van der Waals surface area contributed by atoms with Crippen molar-refractivity contribution in [2.24, 2.45) is 16.8 Å². The van der Waals surface area contributed by atoms with Gasteiger partial charge < -0.3 is 15.1 Å². The Bertz CT molecular complexity index is 571. The van der Waals surface area contributed by atoms with Crippen LogP contribution in [0.3, 0.4) is 0 Å². The minimum Gasteiger partial charge on any atom is -0.357 e. The van der Waals surface area contributed by atoms with Crippen molar-refractivity contribution in [1.82, 2.24) is 15.1 Å². The van der Waals surface area contributed by atoms with Gasteiger partial charge >= 0.3 is 0 Å². The summed E-state index contributed by atoms with van der Waals surface area (Å²) >= 11 is 0. The minimum atomic E-state index is 0.649. The Morgan fingerprint density at radius 2 is 1.96 bits per heavy atom. The zero-order valence-corrected chi connectivity index (χ0v) is 16.8. The Morgan fingerprint density at radius 1 is 1.15 bits per heavy atom. The smallest absolute Gasteiger partial charge is 0.193 e. The van der Waals surface area contributed by atoms with Crippen LogP contribution in [0.2, 0.25) is 0 Å². The van der Waals surface area contributed by atoms with E-state index in [2.05, 4.69) is 66.3 Å². The van der Waals surface area contributed by atoms with Crippen LogP contribution in [-0.2, 0) is 0 Å². The summed E-state index contributed by atoms with van der Waals surface area (Å²) in [5.41, 5.74) is 1.49. The van der Waals surface area contributed by atoms with Crippen molar-refractivity contribution in [3.05, 3.63) is 35.9 Å². The summed E-state index contributed by atoms with van der Waals surface area (Å²) in [6.07, 6.45) is 3.84. The third-order valence-corrected chi connectivity index (χ3v) is 5.99. The van der Waals surface area contributed by atoms with Crippen LogP contribution in [0.1, 0.15) is 44.6 Å². The maximum Gasteiger partial charge on any atom is 0.193 e. The van der Waals surface area contributed by atoms with Crippen LogP contribution < -0.4 is 5.32 Å². The highest BCUT2D eigenvalue weighted by molar-refractivity contribution is 5.80. The largest absolute Gasteiger partial charge is 0.357 e. The number of benzene rings is 1. The number of hydrogen-bond donors (Lipinski definition) is 1. The molecule has 1 aromatic rings. The van der Waals surface area contributed by atoms with Crippen LogP contribution in [0.25, 0.3) is 0 Å². The lowest BCUT2D eigenvalue weighted by Crippen LogP contribution is -2.48. The molecule has 1 aromatic carbocycles. The fourth-order valence-corrected chi connectivity index (χ4v) is 4.60. The van der Waals surface area contributed by atoms with E-state index in [1.165, 1.54) is 37.9 Å². The summed E-state index contributed by atoms with van der Waals surface area (Å²) in [5.74, 6) is 3.15. The number of aliphatic imine (C=N–C) groups is 1. The van der Waals surface area contributed by atoms with E-state index in [1.54, 1.807) is 0 Å². The van der Waals surface area contributed by atoms with E-state index >= 15 is 0 Å². The molecule has 2 saturated heterocycles. The van der Waals surface area contributed by atoms with Crippen LogP contribution in [0, 0.1) is 11.8 Å². The molecule has 3 rings (SSSR count). The van der Waals surface area contributed by atoms with Crippen molar-refractivity contribution in [3.63, 3.8) is 0 Å². The molecular formula is C22H36N4. The first-order chi connectivity index (χ1) is 12.7. The lowest BCUT2D eigenvalue weighted by atomic mass is 9.82. The first kappa shape index (κ1) is 19.2. The van der Waals surface area contributed by atoms with E-state index in [0.29, 0.717) is 17.8 Å². The van der Waals surface area contributed by atoms with Gasteiger partial charge in [0.05, 0.1) is 0 Å². The number of guanidine groups is 1. The average molecular weight is 357 g/mol. The lowest BCUT2D eigenvalue weighted by molar-refractivity contribution is 0.212. The van der Waals surface area contributed by atoms with Gasteiger partial charge in [-0.05, 0) is 63.1 Å². The summed E-state index contributed by atoms with van der Waals surface area (Å²) in [5, 5.41) is 3.54. The molecule has 2 aliphatic rings. The molecule has 4 heteroatoms. The van der Waals surface area contributed by atoms with Crippen LogP contribution in [0.4, 0.5) is 0 Å². The number of rotatable bonds is 4. The molecule has 1 N–H and O–H groups in total. The summed E-state index contributed by atoms with van der Waals surface area (Å²) in [7, 11) is 2.23. The summed E-state index contributed by atoms with van der Waals surface area (Å²) in [4.78, 5) is 9.97. The van der Waals surface area contributed by atoms with Gasteiger partial charge in [0.15, 0.2) is 5.96 Å². The van der Waals surface area contributed by atoms with Gasteiger partial charge in [-0.2, -0.15) is 0 Å². The predicted molar refractivity (Wildman–Crippen MR) is 111 cm³/mol. The van der Waals surface area contributed by atoms with Crippen molar-refractivity contribution in [2.45, 2.75) is 39.0 Å². The van der Waals surface area contributed by atoms with E-state index in [4.69, 9.17) is 4.99 Å². The van der Waals surface area contributed by atoms with Crippen molar-refractivity contribution in [3.8, 4) is 0 Å². The molecule has 0 saturated carbocycles. The van der Waals surface area contributed by atoms with Crippen LogP contribution in [0.5, 0.6) is 0 Å². The molecule has 2 heterocycles. The van der Waals surface area contributed by atoms with Crippen LogP contribution in [0.15, 0.2) is 35.3 Å². The molecule has 2 fully saturated rings. The maximum absolute atomic E-state index is 5.03. The highest BCUT2D eigenvalue weighted by atomic mass is 15.3. The average Bonchev–Trinajstić information content (AvgIpc) is 2.66. The number of hydrogen-bond acceptors (Lipinski definition) is 2. The van der Waals surface area contributed by atoms with Gasteiger partial charge in [0.1, 0.15) is 0 Å². The minimum absolute atomic E-state index is 0.649. The number of likely N-dealkylation sites (tertiary alicyclic amines) is 2. The van der Waals surface area contributed by atoms with Gasteiger partial charge in [0.25, 0.3) is 0 Å². The second kappa shape index (κ2) is 9.40. The van der Waals surface area contributed by atoms with Gasteiger partial charge in [-0.3, -0.25) is 4.99 Å². The Kier molecular flexibility index (Phi) is 6.95. The van der Waals surface area contributed by atoms with Crippen molar-refractivity contribution in [2.75, 3.05) is 46.3 Å². The summed E-state index contributed by atoms with van der Waals surface area (Å²) in [6, 6.07) is 11.0. The zero-order chi connectivity index (χ0) is 18.4. The molecule has 3 atom stereocenters. The molecule has 4 nitrogen and oxygen atoms in total. The molecule has 0 amide bonds. The molecule has 144 valence electrons. The second-order valence-electron chi connectivity index (χ2n) is 8.19. The van der Waals surface area contributed by atoms with Gasteiger partial charge in [-0.15, -0.1) is 0 Å². The third-order valence-electron chi connectivity index (χ3n) is 5.99. The Balaban J connectivity index is 1.61. The third kappa shape index (κ3) is 5.00. The van der Waals surface area contributed by atoms with E-state index < -0.39 is 0 Å². The fraction of sp³-hybridized carbons (Fsp3) is 0.682. The molecule has 0 bridgehead atoms. The first-order valence-electron chi connectivity index (χ1n) is 10.4. The van der Waals surface area contributed by atoms with Crippen molar-refractivity contribution < 1.29 is 0 Å². The molecule has 3 unspecified atom stereocenters. The Labute approximate surface area is 159 Å². The summed E-state index contributed by atoms with van der Waals surface area (Å²) < 4.78 is 0. The van der Waals surface area contributed by atoms with E-state index in [9.17, 15) is 0 Å². The van der Waals surface area contributed by atoms with Gasteiger partial charge in [-0.1, -0.05) is 37.3 Å². The lowest BCUT2D eigenvalue weighted by Gasteiger charge is -2.39. The number of piperidine rings is 2. The first-order valence-corrected chi connectivity index (χ1v) is 10.4. The molecule has 0 radical (unpaired) electrons. The SMILES string of the molecule is CCNC(=NCC1CCCN(C)C1)N1CCC(c2ccccc2)C(C)C1. The Hall–Kier alpha value is -1.55. The molecule has 0 aliphatic carbocycles. The predicted octanol–water partition coefficient (Wildman–Crippen LogP) is 3.42. The molecule has 0 aromatic heterocycles. The van der Waals surface area contributed by atoms with E-state index in [-0.39, 0.29) is 0 Å². The topological polar surface area (TPSA) is 30.9 Å². The van der Waals surface area contributed by atoms with Gasteiger partial charge in [-0.25, -0.2) is 0 Å². The fourth-order valence-electron chi connectivity index (χ4n) is 4.60. The molecular weight excluding hydrogens is 320 g/mol. The molecule has 26 heavy (non-hydrogen) atoms.